The molecule has 0 aliphatic carbocycles. The van der Waals surface area contributed by atoms with Crippen LogP contribution < -0.4 is 0 Å². The van der Waals surface area contributed by atoms with Crippen molar-refractivity contribution in [1.82, 2.24) is 0 Å². The highest BCUT2D eigenvalue weighted by molar-refractivity contribution is 7.80. The molecule has 0 heterocycles. The van der Waals surface area contributed by atoms with Crippen molar-refractivity contribution >= 4 is 44.9 Å². The zero-order valence-corrected chi connectivity index (χ0v) is 20.0. The minimum atomic E-state index is 0.0881. The summed E-state index contributed by atoms with van der Waals surface area (Å²) in [6.45, 7) is 0. The Morgan fingerprint density at radius 3 is 1.97 bits per heavy atom. The van der Waals surface area contributed by atoms with E-state index >= 15 is 0 Å². The van der Waals surface area contributed by atoms with Crippen molar-refractivity contribution in [2.45, 2.75) is 11.7 Å². The molecule has 6 aromatic carbocycles. The zero-order chi connectivity index (χ0) is 23.8. The molecule has 0 saturated carbocycles. The van der Waals surface area contributed by atoms with Crippen LogP contribution in [0.3, 0.4) is 0 Å². The van der Waals surface area contributed by atoms with Gasteiger partial charge >= 0.3 is 0 Å². The smallest absolute Gasteiger partial charge is 0.0991 e. The molecule has 0 spiro atoms. The maximum absolute atomic E-state index is 9.03. The number of nitriles is 1. The van der Waals surface area contributed by atoms with Crippen LogP contribution in [0.15, 0.2) is 115 Å². The topological polar surface area (TPSA) is 23.8 Å². The largest absolute Gasteiger partial charge is 0.192 e. The Morgan fingerprint density at radius 1 is 0.629 bits per heavy atom. The van der Waals surface area contributed by atoms with E-state index in [4.69, 9.17) is 17.9 Å². The van der Waals surface area contributed by atoms with Crippen LogP contribution in [0.4, 0.5) is 0 Å². The maximum Gasteiger partial charge on any atom is 0.0991 e. The number of nitrogens with zero attached hydrogens (tertiary/aromatic N) is 1. The highest BCUT2D eigenvalue weighted by Crippen LogP contribution is 2.39. The maximum atomic E-state index is 9.03. The highest BCUT2D eigenvalue weighted by atomic mass is 32.1. The molecule has 1 unspecified atom stereocenters. The van der Waals surface area contributed by atoms with Crippen molar-refractivity contribution in [3.8, 4) is 17.2 Å². The molecule has 1 atom stereocenters. The van der Waals surface area contributed by atoms with E-state index in [0.717, 1.165) is 6.42 Å². The van der Waals surface area contributed by atoms with Gasteiger partial charge in [-0.1, -0.05) is 84.9 Å². The summed E-state index contributed by atoms with van der Waals surface area (Å²) < 4.78 is 0. The first kappa shape index (κ1) is 21.5. The van der Waals surface area contributed by atoms with Gasteiger partial charge in [-0.25, -0.2) is 0 Å². The minimum Gasteiger partial charge on any atom is -0.192 e. The molecule has 0 aliphatic heterocycles. The summed E-state index contributed by atoms with van der Waals surface area (Å²) >= 11 is 4.89. The Morgan fingerprint density at radius 2 is 1.26 bits per heavy atom. The highest BCUT2D eigenvalue weighted by Gasteiger charge is 2.13. The van der Waals surface area contributed by atoms with E-state index in [1.807, 2.05) is 24.3 Å². The third-order valence-corrected chi connectivity index (χ3v) is 7.31. The van der Waals surface area contributed by atoms with Crippen LogP contribution in [0.1, 0.15) is 21.9 Å². The predicted octanol–water partition coefficient (Wildman–Crippen LogP) is 8.90. The Bertz CT molecular complexity index is 1720. The lowest BCUT2D eigenvalue weighted by Crippen LogP contribution is -1.96. The summed E-state index contributed by atoms with van der Waals surface area (Å²) in [5.74, 6) is 0. The van der Waals surface area contributed by atoms with Gasteiger partial charge in [0.1, 0.15) is 0 Å². The summed E-state index contributed by atoms with van der Waals surface area (Å²) in [5.41, 5.74) is 5.54. The first-order valence-electron chi connectivity index (χ1n) is 11.8. The molecule has 0 radical (unpaired) electrons. The number of hydrogen-bond acceptors (Lipinski definition) is 2. The van der Waals surface area contributed by atoms with Gasteiger partial charge in [0.2, 0.25) is 0 Å². The van der Waals surface area contributed by atoms with Gasteiger partial charge < -0.3 is 0 Å². The van der Waals surface area contributed by atoms with Gasteiger partial charge in [-0.05, 0) is 91.3 Å². The number of fused-ring (bicyclic) bond motifs is 3. The van der Waals surface area contributed by atoms with Crippen LogP contribution in [0, 0.1) is 11.3 Å². The van der Waals surface area contributed by atoms with Crippen LogP contribution in [-0.4, -0.2) is 0 Å². The Labute approximate surface area is 210 Å². The second-order valence-corrected chi connectivity index (χ2v) is 9.67. The van der Waals surface area contributed by atoms with Crippen LogP contribution in [0.2, 0.25) is 0 Å². The predicted molar refractivity (Wildman–Crippen MR) is 151 cm³/mol. The van der Waals surface area contributed by atoms with Crippen LogP contribution >= 0.6 is 12.6 Å². The second-order valence-electron chi connectivity index (χ2n) is 9.04. The second kappa shape index (κ2) is 8.95. The van der Waals surface area contributed by atoms with Crippen molar-refractivity contribution < 1.29 is 0 Å². The molecule has 2 heteroatoms. The molecule has 6 rings (SSSR count). The molecule has 166 valence electrons. The molecular weight excluding hydrogens is 442 g/mol. The summed E-state index contributed by atoms with van der Waals surface area (Å²) in [6, 6.07) is 42.9. The minimum absolute atomic E-state index is 0.0881. The Kier molecular flexibility index (Phi) is 5.49. The summed E-state index contributed by atoms with van der Waals surface area (Å²) in [6.07, 6.45) is 0.817. The molecule has 35 heavy (non-hydrogen) atoms. The molecule has 0 amide bonds. The third kappa shape index (κ3) is 4.05. The lowest BCUT2D eigenvalue weighted by molar-refractivity contribution is 0.940. The summed E-state index contributed by atoms with van der Waals surface area (Å²) in [7, 11) is 0. The summed E-state index contributed by atoms with van der Waals surface area (Å²) in [4.78, 5) is 0. The molecular formula is C33H23NS. The van der Waals surface area contributed by atoms with E-state index < -0.39 is 0 Å². The van der Waals surface area contributed by atoms with E-state index in [1.54, 1.807) is 0 Å². The van der Waals surface area contributed by atoms with Gasteiger partial charge in [0, 0.05) is 5.25 Å². The average molecular weight is 466 g/mol. The number of benzene rings is 6. The van der Waals surface area contributed by atoms with Crippen molar-refractivity contribution in [2.24, 2.45) is 0 Å². The lowest BCUT2D eigenvalue weighted by atomic mass is 9.90. The van der Waals surface area contributed by atoms with Crippen LogP contribution in [0.5, 0.6) is 0 Å². The van der Waals surface area contributed by atoms with Gasteiger partial charge in [-0.2, -0.15) is 17.9 Å². The molecule has 0 N–H and O–H groups in total. The van der Waals surface area contributed by atoms with E-state index in [9.17, 15) is 0 Å². The van der Waals surface area contributed by atoms with Crippen LogP contribution in [0.25, 0.3) is 43.4 Å². The molecule has 6 aromatic rings. The van der Waals surface area contributed by atoms with Crippen LogP contribution in [-0.2, 0) is 6.42 Å². The molecule has 0 aliphatic rings. The van der Waals surface area contributed by atoms with Gasteiger partial charge in [0.05, 0.1) is 11.6 Å². The zero-order valence-electron chi connectivity index (χ0n) is 19.1. The fraction of sp³-hybridized carbons (Fsp3) is 0.0606. The monoisotopic (exact) mass is 465 g/mol. The van der Waals surface area contributed by atoms with Crippen molar-refractivity contribution in [3.63, 3.8) is 0 Å². The van der Waals surface area contributed by atoms with Crippen molar-refractivity contribution in [3.05, 3.63) is 132 Å². The van der Waals surface area contributed by atoms with E-state index in [2.05, 4.69) is 97.1 Å². The molecule has 0 aromatic heterocycles. The standard InChI is InChI=1S/C33H23NS/c34-21-23-11-9-22(10-12-23)17-32(35)24-13-15-25(16-14-24)33-30-8-4-3-7-28(30)19-29-18-26-5-1-2-6-27(26)20-31(29)33/h1-16,18-20,32,35H,17H2. The van der Waals surface area contributed by atoms with Gasteiger partial charge in [-0.15, -0.1) is 0 Å². The Balaban J connectivity index is 1.43. The fourth-order valence-electron chi connectivity index (χ4n) is 5.00. The molecule has 1 nitrogen and oxygen atoms in total. The normalized spacial score (nSPS) is 12.1. The van der Waals surface area contributed by atoms with E-state index in [-0.39, 0.29) is 5.25 Å². The first-order valence-corrected chi connectivity index (χ1v) is 12.3. The van der Waals surface area contributed by atoms with Gasteiger partial charge in [-0.3, -0.25) is 0 Å². The Hall–Kier alpha value is -4.06. The summed E-state index contributed by atoms with van der Waals surface area (Å²) in [5, 5.41) is 16.7. The van der Waals surface area contributed by atoms with Crippen molar-refractivity contribution in [1.29, 1.82) is 5.26 Å². The first-order chi connectivity index (χ1) is 17.2. The average Bonchev–Trinajstić information content (AvgIpc) is 2.91. The van der Waals surface area contributed by atoms with Gasteiger partial charge in [0.25, 0.3) is 0 Å². The van der Waals surface area contributed by atoms with Crippen molar-refractivity contribution in [2.75, 3.05) is 0 Å². The fourth-order valence-corrected chi connectivity index (χ4v) is 5.38. The molecule has 0 fully saturated rings. The molecule has 0 bridgehead atoms. The molecule has 0 saturated heterocycles. The lowest BCUT2D eigenvalue weighted by Gasteiger charge is -2.15. The number of hydrogen-bond donors (Lipinski definition) is 1. The number of thiol groups is 1. The quantitative estimate of drug-likeness (QED) is 0.204. The van der Waals surface area contributed by atoms with E-state index in [1.165, 1.54) is 54.6 Å². The SMILES string of the molecule is N#Cc1ccc(CC(S)c2ccc(-c3c4ccccc4cc4cc5ccccc5cc34)cc2)cc1. The number of rotatable bonds is 4. The van der Waals surface area contributed by atoms with E-state index in [0.29, 0.717) is 5.56 Å². The van der Waals surface area contributed by atoms with Gasteiger partial charge in [0.15, 0.2) is 0 Å². The third-order valence-electron chi connectivity index (χ3n) is 6.82.